The normalized spacial score (nSPS) is 10.9. The van der Waals surface area contributed by atoms with Crippen molar-refractivity contribution in [1.82, 2.24) is 15.0 Å². The second-order valence-electron chi connectivity index (χ2n) is 10.3. The van der Waals surface area contributed by atoms with Crippen molar-refractivity contribution < 1.29 is 4.39 Å². The van der Waals surface area contributed by atoms with Gasteiger partial charge in [-0.15, -0.1) is 0 Å². The molecule has 0 aliphatic carbocycles. The Morgan fingerprint density at radius 2 is 0.488 bits per heavy atom. The lowest BCUT2D eigenvalue weighted by Crippen LogP contribution is -2.00. The van der Waals surface area contributed by atoms with Gasteiger partial charge in [0.2, 0.25) is 0 Å². The Kier molecular flexibility index (Phi) is 7.08. The fourth-order valence-corrected chi connectivity index (χ4v) is 5.10. The van der Waals surface area contributed by atoms with E-state index in [0.717, 1.165) is 27.8 Å². The van der Waals surface area contributed by atoms with Crippen molar-refractivity contribution in [3.63, 3.8) is 0 Å². The van der Waals surface area contributed by atoms with Crippen LogP contribution in [0.4, 0.5) is 4.39 Å². The van der Waals surface area contributed by atoms with Crippen LogP contribution in [0.15, 0.2) is 158 Å². The lowest BCUT2D eigenvalue weighted by Gasteiger charge is -2.10. The molecule has 7 aromatic rings. The van der Waals surface area contributed by atoms with E-state index < -0.39 is 0 Å². The number of rotatable bonds is 6. The lowest BCUT2D eigenvalue weighted by molar-refractivity contribution is 0.628. The predicted octanol–water partition coefficient (Wildman–Crippen LogP) is 10.0. The van der Waals surface area contributed by atoms with E-state index in [4.69, 9.17) is 15.0 Å². The Morgan fingerprint density at radius 3 is 0.837 bits per heavy atom. The molecule has 0 aliphatic rings. The third-order valence-electron chi connectivity index (χ3n) is 7.46. The molecule has 0 amide bonds. The molecule has 0 aliphatic heterocycles. The van der Waals surface area contributed by atoms with Crippen molar-refractivity contribution in [1.29, 1.82) is 0 Å². The lowest BCUT2D eigenvalue weighted by atomic mass is 9.98. The van der Waals surface area contributed by atoms with E-state index in [2.05, 4.69) is 84.9 Å². The maximum Gasteiger partial charge on any atom is 0.164 e. The van der Waals surface area contributed by atoms with Gasteiger partial charge in [0, 0.05) is 16.7 Å². The Labute approximate surface area is 250 Å². The molecule has 0 saturated carbocycles. The molecule has 0 saturated heterocycles. The summed E-state index contributed by atoms with van der Waals surface area (Å²) in [6, 6.07) is 52.0. The maximum atomic E-state index is 13.6. The molecule has 0 spiro atoms. The fourth-order valence-electron chi connectivity index (χ4n) is 5.10. The van der Waals surface area contributed by atoms with Crippen molar-refractivity contribution in [2.75, 3.05) is 0 Å². The molecular formula is C39H26FN3. The molecule has 1 aromatic heterocycles. The average Bonchev–Trinajstić information content (AvgIpc) is 3.09. The predicted molar refractivity (Wildman–Crippen MR) is 172 cm³/mol. The van der Waals surface area contributed by atoms with Crippen LogP contribution in [0.1, 0.15) is 0 Å². The van der Waals surface area contributed by atoms with Crippen LogP contribution >= 0.6 is 0 Å². The Morgan fingerprint density at radius 1 is 0.256 bits per heavy atom. The minimum Gasteiger partial charge on any atom is -0.208 e. The van der Waals surface area contributed by atoms with Crippen LogP contribution in [0.5, 0.6) is 0 Å². The number of benzene rings is 6. The first-order valence-corrected chi connectivity index (χ1v) is 14.1. The van der Waals surface area contributed by atoms with Gasteiger partial charge in [0.1, 0.15) is 5.82 Å². The van der Waals surface area contributed by atoms with E-state index >= 15 is 0 Å². The molecule has 0 N–H and O–H groups in total. The van der Waals surface area contributed by atoms with Gasteiger partial charge in [0.25, 0.3) is 0 Å². The molecule has 0 fully saturated rings. The summed E-state index contributed by atoms with van der Waals surface area (Å²) in [7, 11) is 0. The maximum absolute atomic E-state index is 13.6. The summed E-state index contributed by atoms with van der Waals surface area (Å²) in [5.41, 5.74) is 9.51. The summed E-state index contributed by atoms with van der Waals surface area (Å²) in [4.78, 5) is 14.3. The van der Waals surface area contributed by atoms with Crippen LogP contribution in [0.25, 0.3) is 67.5 Å². The molecule has 0 unspecified atom stereocenters. The monoisotopic (exact) mass is 555 g/mol. The SMILES string of the molecule is Fc1ccc(-c2nc(-c3ccccc3)nc(-c3ccc(-c4ccc(-c5ccc(-c6ccccc6)cc5)cc4)cc3)n2)cc1. The first kappa shape index (κ1) is 26.2. The standard InChI is InChI=1S/C39H26FN3/c40-36-25-23-35(24-26-36)39-42-37(33-9-5-2-6-10-33)41-38(43-39)34-21-19-32(20-22-34)31-17-15-30(16-18-31)29-13-11-28(12-14-29)27-7-3-1-4-8-27/h1-26H. The van der Waals surface area contributed by atoms with E-state index in [1.807, 2.05) is 48.5 Å². The zero-order valence-corrected chi connectivity index (χ0v) is 23.2. The van der Waals surface area contributed by atoms with Gasteiger partial charge in [-0.05, 0) is 57.6 Å². The molecule has 7 rings (SSSR count). The van der Waals surface area contributed by atoms with E-state index in [1.54, 1.807) is 12.1 Å². The summed E-state index contributed by atoms with van der Waals surface area (Å²) in [5, 5.41) is 0. The summed E-state index contributed by atoms with van der Waals surface area (Å²) < 4.78 is 13.6. The van der Waals surface area contributed by atoms with Gasteiger partial charge in [-0.3, -0.25) is 0 Å². The van der Waals surface area contributed by atoms with Gasteiger partial charge in [-0.1, -0.05) is 133 Å². The van der Waals surface area contributed by atoms with Gasteiger partial charge < -0.3 is 0 Å². The highest BCUT2D eigenvalue weighted by molar-refractivity contribution is 5.75. The highest BCUT2D eigenvalue weighted by Gasteiger charge is 2.13. The average molecular weight is 556 g/mol. The van der Waals surface area contributed by atoms with Crippen LogP contribution in [0, 0.1) is 5.82 Å². The van der Waals surface area contributed by atoms with Crippen molar-refractivity contribution in [3.05, 3.63) is 164 Å². The molecule has 0 radical (unpaired) electrons. The Bertz CT molecular complexity index is 1970. The second kappa shape index (κ2) is 11.6. The third kappa shape index (κ3) is 5.72. The summed E-state index contributed by atoms with van der Waals surface area (Å²) in [5.74, 6) is 1.33. The quantitative estimate of drug-likeness (QED) is 0.205. The minimum absolute atomic E-state index is 0.300. The van der Waals surface area contributed by atoms with Crippen LogP contribution in [-0.2, 0) is 0 Å². The van der Waals surface area contributed by atoms with Crippen molar-refractivity contribution >= 4 is 0 Å². The zero-order chi connectivity index (χ0) is 29.0. The number of hydrogen-bond acceptors (Lipinski definition) is 3. The second-order valence-corrected chi connectivity index (χ2v) is 10.3. The fraction of sp³-hybridized carbons (Fsp3) is 0. The summed E-state index contributed by atoms with van der Waals surface area (Å²) >= 11 is 0. The number of halogens is 1. The van der Waals surface area contributed by atoms with Crippen molar-refractivity contribution in [2.45, 2.75) is 0 Å². The molecule has 43 heavy (non-hydrogen) atoms. The van der Waals surface area contributed by atoms with Crippen LogP contribution < -0.4 is 0 Å². The zero-order valence-electron chi connectivity index (χ0n) is 23.2. The third-order valence-corrected chi connectivity index (χ3v) is 7.46. The molecule has 3 nitrogen and oxygen atoms in total. The summed E-state index contributed by atoms with van der Waals surface area (Å²) in [6.07, 6.45) is 0. The van der Waals surface area contributed by atoms with Crippen LogP contribution in [0.2, 0.25) is 0 Å². The first-order chi connectivity index (χ1) is 21.2. The molecule has 0 atom stereocenters. The molecule has 6 aromatic carbocycles. The van der Waals surface area contributed by atoms with Gasteiger partial charge in [-0.2, -0.15) is 0 Å². The van der Waals surface area contributed by atoms with Gasteiger partial charge in [0.15, 0.2) is 17.5 Å². The molecule has 0 bridgehead atoms. The highest BCUT2D eigenvalue weighted by atomic mass is 19.1. The summed E-state index contributed by atoms with van der Waals surface area (Å²) in [6.45, 7) is 0. The number of aromatic nitrogens is 3. The Balaban J connectivity index is 1.16. The molecular weight excluding hydrogens is 529 g/mol. The first-order valence-electron chi connectivity index (χ1n) is 14.1. The molecule has 4 heteroatoms. The number of hydrogen-bond donors (Lipinski definition) is 0. The topological polar surface area (TPSA) is 38.7 Å². The highest BCUT2D eigenvalue weighted by Crippen LogP contribution is 2.30. The van der Waals surface area contributed by atoms with Crippen LogP contribution in [0.3, 0.4) is 0 Å². The molecule has 1 heterocycles. The smallest absolute Gasteiger partial charge is 0.164 e. The van der Waals surface area contributed by atoms with E-state index in [-0.39, 0.29) is 5.82 Å². The Hall–Kier alpha value is -5.74. The minimum atomic E-state index is -0.300. The van der Waals surface area contributed by atoms with Gasteiger partial charge >= 0.3 is 0 Å². The number of nitrogens with zero attached hydrogens (tertiary/aromatic N) is 3. The van der Waals surface area contributed by atoms with Crippen LogP contribution in [-0.4, -0.2) is 15.0 Å². The van der Waals surface area contributed by atoms with E-state index in [9.17, 15) is 4.39 Å². The van der Waals surface area contributed by atoms with Crippen molar-refractivity contribution in [2.24, 2.45) is 0 Å². The van der Waals surface area contributed by atoms with Gasteiger partial charge in [0.05, 0.1) is 0 Å². The molecule has 204 valence electrons. The van der Waals surface area contributed by atoms with Gasteiger partial charge in [-0.25, -0.2) is 19.3 Å². The van der Waals surface area contributed by atoms with E-state index in [0.29, 0.717) is 17.5 Å². The van der Waals surface area contributed by atoms with E-state index in [1.165, 1.54) is 34.4 Å². The largest absolute Gasteiger partial charge is 0.208 e. The van der Waals surface area contributed by atoms with Crippen molar-refractivity contribution in [3.8, 4) is 67.5 Å².